The number of nitrogens with zero attached hydrogens (tertiary/aromatic N) is 1. The summed E-state index contributed by atoms with van der Waals surface area (Å²) in [5.74, 6) is 0.0441. The van der Waals surface area contributed by atoms with E-state index in [-0.39, 0.29) is 24.1 Å². The zero-order valence-corrected chi connectivity index (χ0v) is 10.1. The Hall–Kier alpha value is -1.37. The number of Topliss-reactive ketones (excluding diaryl/α,β-unsaturated/α-hetero) is 1. The van der Waals surface area contributed by atoms with Gasteiger partial charge in [-0.05, 0) is 18.1 Å². The predicted octanol–water partition coefficient (Wildman–Crippen LogP) is 2.15. The van der Waals surface area contributed by atoms with Gasteiger partial charge >= 0.3 is 0 Å². The molecule has 1 aromatic rings. The number of benzene rings is 1. The maximum absolute atomic E-state index is 11.8. The molecule has 0 aromatic heterocycles. The Morgan fingerprint density at radius 2 is 1.81 bits per heavy atom. The van der Waals surface area contributed by atoms with Crippen LogP contribution in [0.15, 0.2) is 24.3 Å². The zero-order chi connectivity index (χ0) is 11.4. The van der Waals surface area contributed by atoms with Gasteiger partial charge in [-0.15, -0.1) is 12.4 Å². The minimum Gasteiger partial charge on any atom is -0.321 e. The Labute approximate surface area is 102 Å². The summed E-state index contributed by atoms with van der Waals surface area (Å²) < 4.78 is 0. The molecule has 1 rings (SSSR count). The van der Waals surface area contributed by atoms with Crippen LogP contribution in [0.4, 0.5) is 0 Å². The van der Waals surface area contributed by atoms with Gasteiger partial charge in [0.15, 0.2) is 5.78 Å². The summed E-state index contributed by atoms with van der Waals surface area (Å²) in [7, 11) is 0. The molecule has 3 nitrogen and oxygen atoms in total. The normalized spacial score (nSPS) is 11.4. The maximum atomic E-state index is 11.8. The molecule has 1 atom stereocenters. The van der Waals surface area contributed by atoms with Gasteiger partial charge in [-0.2, -0.15) is 5.26 Å². The Balaban J connectivity index is 0.00000225. The minimum atomic E-state index is -0.474. The van der Waals surface area contributed by atoms with Crippen LogP contribution in [0.5, 0.6) is 0 Å². The van der Waals surface area contributed by atoms with E-state index in [0.717, 1.165) is 0 Å². The van der Waals surface area contributed by atoms with Crippen molar-refractivity contribution in [3.63, 3.8) is 0 Å². The van der Waals surface area contributed by atoms with Crippen molar-refractivity contribution in [3.8, 4) is 6.07 Å². The van der Waals surface area contributed by atoms with Gasteiger partial charge in [0.2, 0.25) is 0 Å². The number of carbonyl (C=O) groups excluding carboxylic acids is 1. The van der Waals surface area contributed by atoms with Crippen LogP contribution in [0.25, 0.3) is 0 Å². The van der Waals surface area contributed by atoms with E-state index in [4.69, 9.17) is 11.0 Å². The summed E-state index contributed by atoms with van der Waals surface area (Å²) in [4.78, 5) is 11.8. The van der Waals surface area contributed by atoms with Gasteiger partial charge in [0.25, 0.3) is 0 Å². The first-order chi connectivity index (χ1) is 7.06. The number of ketones is 1. The first-order valence-electron chi connectivity index (χ1n) is 4.86. The number of hydrogen-bond acceptors (Lipinski definition) is 3. The first-order valence-corrected chi connectivity index (χ1v) is 4.86. The van der Waals surface area contributed by atoms with E-state index in [1.165, 1.54) is 0 Å². The third-order valence-electron chi connectivity index (χ3n) is 2.32. The molecule has 0 saturated carbocycles. The molecule has 0 heterocycles. The van der Waals surface area contributed by atoms with Crippen LogP contribution in [0.3, 0.4) is 0 Å². The lowest BCUT2D eigenvalue weighted by Crippen LogP contribution is -2.35. The fourth-order valence-corrected chi connectivity index (χ4v) is 1.20. The van der Waals surface area contributed by atoms with Crippen LogP contribution < -0.4 is 5.73 Å². The Morgan fingerprint density at radius 1 is 1.31 bits per heavy atom. The monoisotopic (exact) mass is 238 g/mol. The Kier molecular flexibility index (Phi) is 5.73. The van der Waals surface area contributed by atoms with E-state index < -0.39 is 6.04 Å². The van der Waals surface area contributed by atoms with Gasteiger partial charge in [-0.25, -0.2) is 0 Å². The lowest BCUT2D eigenvalue weighted by atomic mass is 9.95. The van der Waals surface area contributed by atoms with Gasteiger partial charge in [0, 0.05) is 5.56 Å². The molecule has 2 N–H and O–H groups in total. The summed E-state index contributed by atoms with van der Waals surface area (Å²) in [6.45, 7) is 3.82. The summed E-state index contributed by atoms with van der Waals surface area (Å²) in [5, 5.41) is 8.60. The minimum absolute atomic E-state index is 0. The lowest BCUT2D eigenvalue weighted by molar-refractivity contribution is 0.0940. The molecule has 0 bridgehead atoms. The van der Waals surface area contributed by atoms with Crippen molar-refractivity contribution >= 4 is 18.2 Å². The van der Waals surface area contributed by atoms with E-state index in [2.05, 4.69) is 0 Å². The van der Waals surface area contributed by atoms with Crippen LogP contribution in [-0.4, -0.2) is 11.8 Å². The topological polar surface area (TPSA) is 66.9 Å². The SMILES string of the molecule is CC(C)[C@H](N)C(=O)c1ccc(C#N)cc1.Cl. The number of rotatable bonds is 3. The van der Waals surface area contributed by atoms with Crippen LogP contribution in [-0.2, 0) is 0 Å². The summed E-state index contributed by atoms with van der Waals surface area (Å²) >= 11 is 0. The maximum Gasteiger partial charge on any atom is 0.179 e. The summed E-state index contributed by atoms with van der Waals surface area (Å²) in [5.41, 5.74) is 6.86. The molecule has 0 radical (unpaired) electrons. The van der Waals surface area contributed by atoms with Gasteiger partial charge in [-0.3, -0.25) is 4.79 Å². The zero-order valence-electron chi connectivity index (χ0n) is 9.31. The molecule has 0 spiro atoms. The van der Waals surface area contributed by atoms with E-state index in [0.29, 0.717) is 11.1 Å². The van der Waals surface area contributed by atoms with E-state index in [1.807, 2.05) is 19.9 Å². The molecule has 0 fully saturated rings. The van der Waals surface area contributed by atoms with Crippen molar-refractivity contribution in [1.29, 1.82) is 5.26 Å². The molecule has 0 aliphatic heterocycles. The average molecular weight is 239 g/mol. The largest absolute Gasteiger partial charge is 0.321 e. The van der Waals surface area contributed by atoms with Gasteiger partial charge in [0.05, 0.1) is 17.7 Å². The van der Waals surface area contributed by atoms with E-state index in [9.17, 15) is 4.79 Å². The second-order valence-electron chi connectivity index (χ2n) is 3.82. The standard InChI is InChI=1S/C12H14N2O.ClH/c1-8(2)11(14)12(15)10-5-3-9(7-13)4-6-10;/h3-6,8,11H,14H2,1-2H3;1H/t11-;/m0./s1. The highest BCUT2D eigenvalue weighted by Crippen LogP contribution is 2.09. The predicted molar refractivity (Wildman–Crippen MR) is 65.5 cm³/mol. The number of nitrogens with two attached hydrogens (primary N) is 1. The van der Waals surface area contributed by atoms with E-state index in [1.54, 1.807) is 24.3 Å². The highest BCUT2D eigenvalue weighted by Gasteiger charge is 2.18. The van der Waals surface area contributed by atoms with Crippen LogP contribution in [0, 0.1) is 17.2 Å². The number of nitriles is 1. The number of halogens is 1. The molecule has 16 heavy (non-hydrogen) atoms. The molecular formula is C12H15ClN2O. The molecule has 0 unspecified atom stereocenters. The van der Waals surface area contributed by atoms with Gasteiger partial charge in [-0.1, -0.05) is 26.0 Å². The van der Waals surface area contributed by atoms with Crippen molar-refractivity contribution in [2.24, 2.45) is 11.7 Å². The Bertz CT molecular complexity index is 392. The fourth-order valence-electron chi connectivity index (χ4n) is 1.20. The van der Waals surface area contributed by atoms with Crippen LogP contribution in [0.1, 0.15) is 29.8 Å². The highest BCUT2D eigenvalue weighted by atomic mass is 35.5. The molecule has 86 valence electrons. The second kappa shape index (κ2) is 6.26. The summed E-state index contributed by atoms with van der Waals surface area (Å²) in [6.07, 6.45) is 0. The third-order valence-corrected chi connectivity index (χ3v) is 2.32. The molecular weight excluding hydrogens is 224 g/mol. The quantitative estimate of drug-likeness (QED) is 0.821. The number of hydrogen-bond donors (Lipinski definition) is 1. The summed E-state index contributed by atoms with van der Waals surface area (Å²) in [6, 6.07) is 8.06. The molecule has 0 amide bonds. The third kappa shape index (κ3) is 3.34. The molecule has 0 saturated heterocycles. The second-order valence-corrected chi connectivity index (χ2v) is 3.82. The fraction of sp³-hybridized carbons (Fsp3) is 0.333. The molecule has 4 heteroatoms. The first kappa shape index (κ1) is 14.6. The number of carbonyl (C=O) groups is 1. The smallest absolute Gasteiger partial charge is 0.179 e. The van der Waals surface area contributed by atoms with Crippen LogP contribution in [0.2, 0.25) is 0 Å². The molecule has 0 aliphatic rings. The van der Waals surface area contributed by atoms with Crippen molar-refractivity contribution < 1.29 is 4.79 Å². The van der Waals surface area contributed by atoms with E-state index >= 15 is 0 Å². The van der Waals surface area contributed by atoms with Crippen molar-refractivity contribution in [2.75, 3.05) is 0 Å². The highest BCUT2D eigenvalue weighted by molar-refractivity contribution is 6.00. The van der Waals surface area contributed by atoms with Gasteiger partial charge < -0.3 is 5.73 Å². The average Bonchev–Trinajstić information content (AvgIpc) is 2.27. The lowest BCUT2D eigenvalue weighted by Gasteiger charge is -2.13. The van der Waals surface area contributed by atoms with Crippen molar-refractivity contribution in [1.82, 2.24) is 0 Å². The van der Waals surface area contributed by atoms with Crippen LogP contribution >= 0.6 is 12.4 Å². The Morgan fingerprint density at radius 3 is 2.19 bits per heavy atom. The van der Waals surface area contributed by atoms with Crippen molar-refractivity contribution in [2.45, 2.75) is 19.9 Å². The molecule has 0 aliphatic carbocycles. The van der Waals surface area contributed by atoms with Crippen molar-refractivity contribution in [3.05, 3.63) is 35.4 Å². The molecule has 1 aromatic carbocycles. The van der Waals surface area contributed by atoms with Gasteiger partial charge in [0.1, 0.15) is 0 Å².